The largest absolute Gasteiger partial charge is 0.368 e. The summed E-state index contributed by atoms with van der Waals surface area (Å²) >= 11 is 4.46. The third kappa shape index (κ3) is 5.90. The van der Waals surface area contributed by atoms with Crippen molar-refractivity contribution in [2.24, 2.45) is 0 Å². The molecule has 0 saturated carbocycles. The summed E-state index contributed by atoms with van der Waals surface area (Å²) in [5.74, 6) is -0.789. The Kier molecular flexibility index (Phi) is 5.36. The Morgan fingerprint density at radius 1 is 1.69 bits per heavy atom. The average molecular weight is 226 g/mol. The predicted molar refractivity (Wildman–Crippen MR) is 50.1 cm³/mol. The van der Waals surface area contributed by atoms with Gasteiger partial charge in [-0.25, -0.2) is 4.79 Å². The first-order valence-corrected chi connectivity index (χ1v) is 6.01. The fourth-order valence-electron chi connectivity index (χ4n) is 0.337. The van der Waals surface area contributed by atoms with E-state index in [4.69, 9.17) is 4.89 Å². The first-order valence-electron chi connectivity index (χ1n) is 3.42. The normalized spacial score (nSPS) is 14.7. The minimum Gasteiger partial charge on any atom is -0.322 e. The summed E-state index contributed by atoms with van der Waals surface area (Å²) in [7, 11) is 0. The van der Waals surface area contributed by atoms with Gasteiger partial charge in [-0.3, -0.25) is 4.89 Å². The standard InChI is InChI=1S/C6H11O5PS/c1-4-9-12(8,13)11-10-6(7)5(2)3/h2,4H2,1,3H3,(H,8,13). The fourth-order valence-corrected chi connectivity index (χ4v) is 1.28. The van der Waals surface area contributed by atoms with Crippen LogP contribution < -0.4 is 0 Å². The van der Waals surface area contributed by atoms with Crippen molar-refractivity contribution in [2.45, 2.75) is 13.8 Å². The molecule has 7 heteroatoms. The lowest BCUT2D eigenvalue weighted by Gasteiger charge is -2.11. The molecule has 0 aliphatic rings. The third-order valence-electron chi connectivity index (χ3n) is 0.848. The molecule has 13 heavy (non-hydrogen) atoms. The predicted octanol–water partition coefficient (Wildman–Crippen LogP) is 1.29. The summed E-state index contributed by atoms with van der Waals surface area (Å²) in [5, 5.41) is 0. The van der Waals surface area contributed by atoms with Crippen LogP contribution in [0.5, 0.6) is 0 Å². The minimum atomic E-state index is -3.44. The first-order chi connectivity index (χ1) is 5.89. The number of carbonyl (C=O) groups excluding carboxylic acids is 1. The lowest BCUT2D eigenvalue weighted by molar-refractivity contribution is -0.213. The van der Waals surface area contributed by atoms with Gasteiger partial charge < -0.3 is 9.42 Å². The van der Waals surface area contributed by atoms with E-state index in [-0.39, 0.29) is 12.2 Å². The molecule has 1 N–H and O–H groups in total. The Morgan fingerprint density at radius 3 is 2.62 bits per heavy atom. The van der Waals surface area contributed by atoms with Crippen LogP contribution in [-0.2, 0) is 30.7 Å². The molecule has 0 aliphatic heterocycles. The second kappa shape index (κ2) is 5.47. The molecular weight excluding hydrogens is 215 g/mol. The Labute approximate surface area is 81.5 Å². The Balaban J connectivity index is 3.95. The molecule has 5 nitrogen and oxygen atoms in total. The molecule has 0 bridgehead atoms. The van der Waals surface area contributed by atoms with Crippen molar-refractivity contribution in [2.75, 3.05) is 6.61 Å². The monoisotopic (exact) mass is 226 g/mol. The van der Waals surface area contributed by atoms with Crippen molar-refractivity contribution in [3.63, 3.8) is 0 Å². The number of hydrogen-bond acceptors (Lipinski definition) is 5. The van der Waals surface area contributed by atoms with E-state index in [1.807, 2.05) is 0 Å². The fraction of sp³-hybridized carbons (Fsp3) is 0.500. The maximum absolute atomic E-state index is 10.8. The van der Waals surface area contributed by atoms with Crippen molar-refractivity contribution in [3.8, 4) is 0 Å². The van der Waals surface area contributed by atoms with Gasteiger partial charge in [0.05, 0.1) is 6.61 Å². The van der Waals surface area contributed by atoms with Crippen LogP contribution in [0.2, 0.25) is 0 Å². The van der Waals surface area contributed by atoms with Gasteiger partial charge in [-0.15, -0.1) is 0 Å². The average Bonchev–Trinajstić information content (AvgIpc) is 2.00. The highest BCUT2D eigenvalue weighted by Crippen LogP contribution is 2.43. The second-order valence-electron chi connectivity index (χ2n) is 2.11. The lowest BCUT2D eigenvalue weighted by atomic mass is 10.4. The third-order valence-corrected chi connectivity index (χ3v) is 2.19. The topological polar surface area (TPSA) is 65.0 Å². The summed E-state index contributed by atoms with van der Waals surface area (Å²) in [6.07, 6.45) is 0. The van der Waals surface area contributed by atoms with Gasteiger partial charge in [0.2, 0.25) is 0 Å². The molecule has 1 unspecified atom stereocenters. The molecular formula is C6H11O5PS. The molecule has 0 rings (SSSR count). The highest BCUT2D eigenvalue weighted by atomic mass is 32.5. The molecule has 76 valence electrons. The Bertz CT molecular complexity index is 251. The van der Waals surface area contributed by atoms with Crippen molar-refractivity contribution in [1.82, 2.24) is 0 Å². The van der Waals surface area contributed by atoms with Crippen molar-refractivity contribution >= 4 is 24.5 Å². The van der Waals surface area contributed by atoms with Crippen LogP contribution in [0.25, 0.3) is 0 Å². The van der Waals surface area contributed by atoms with E-state index in [0.717, 1.165) is 0 Å². The van der Waals surface area contributed by atoms with Gasteiger partial charge in [0, 0.05) is 5.57 Å². The van der Waals surface area contributed by atoms with Crippen molar-refractivity contribution < 1.29 is 23.8 Å². The van der Waals surface area contributed by atoms with Crippen LogP contribution in [-0.4, -0.2) is 17.5 Å². The van der Waals surface area contributed by atoms with E-state index in [2.05, 4.69) is 32.5 Å². The van der Waals surface area contributed by atoms with Gasteiger partial charge in [-0.1, -0.05) is 11.3 Å². The quantitative estimate of drug-likeness (QED) is 0.330. The molecule has 0 amide bonds. The first kappa shape index (κ1) is 12.7. The molecule has 0 aliphatic carbocycles. The van der Waals surface area contributed by atoms with E-state index >= 15 is 0 Å². The van der Waals surface area contributed by atoms with E-state index in [9.17, 15) is 4.79 Å². The zero-order valence-corrected chi connectivity index (χ0v) is 9.06. The van der Waals surface area contributed by atoms with Crippen molar-refractivity contribution in [1.29, 1.82) is 0 Å². The molecule has 0 spiro atoms. The molecule has 0 aromatic rings. The van der Waals surface area contributed by atoms with Gasteiger partial charge in [0.1, 0.15) is 0 Å². The Morgan fingerprint density at radius 2 is 2.23 bits per heavy atom. The second-order valence-corrected chi connectivity index (χ2v) is 4.84. The smallest absolute Gasteiger partial charge is 0.322 e. The van der Waals surface area contributed by atoms with E-state index in [1.165, 1.54) is 6.92 Å². The minimum absolute atomic E-state index is 0.145. The number of rotatable bonds is 5. The molecule has 0 radical (unpaired) electrons. The zero-order chi connectivity index (χ0) is 10.5. The van der Waals surface area contributed by atoms with Crippen molar-refractivity contribution in [3.05, 3.63) is 12.2 Å². The van der Waals surface area contributed by atoms with Gasteiger partial charge in [0.15, 0.2) is 0 Å². The molecule has 0 aromatic carbocycles. The molecule has 0 saturated heterocycles. The van der Waals surface area contributed by atoms with E-state index in [1.54, 1.807) is 6.92 Å². The molecule has 1 atom stereocenters. The van der Waals surface area contributed by atoms with Crippen LogP contribution in [0, 0.1) is 0 Å². The van der Waals surface area contributed by atoms with E-state index < -0.39 is 12.7 Å². The van der Waals surface area contributed by atoms with Gasteiger partial charge in [-0.2, -0.15) is 0 Å². The maximum atomic E-state index is 10.8. The van der Waals surface area contributed by atoms with Gasteiger partial charge in [-0.05, 0) is 25.7 Å². The lowest BCUT2D eigenvalue weighted by Crippen LogP contribution is -2.05. The highest BCUT2D eigenvalue weighted by molar-refractivity contribution is 8.07. The van der Waals surface area contributed by atoms with E-state index in [0.29, 0.717) is 0 Å². The number of hydrogen-bond donors (Lipinski definition) is 1. The SMILES string of the molecule is C=C(C)C(=O)OOP(O)(=S)OCC. The summed E-state index contributed by atoms with van der Waals surface area (Å²) in [4.78, 5) is 24.0. The maximum Gasteiger partial charge on any atom is 0.368 e. The Hall–Kier alpha value is -0.260. The van der Waals surface area contributed by atoms with Crippen LogP contribution in [0.4, 0.5) is 0 Å². The van der Waals surface area contributed by atoms with Crippen LogP contribution >= 0.6 is 6.72 Å². The molecule has 0 fully saturated rings. The van der Waals surface area contributed by atoms with Crippen LogP contribution in [0.1, 0.15) is 13.8 Å². The summed E-state index contributed by atoms with van der Waals surface area (Å²) in [5.41, 5.74) is 0.145. The summed E-state index contributed by atoms with van der Waals surface area (Å²) in [6.45, 7) is 3.11. The highest BCUT2D eigenvalue weighted by Gasteiger charge is 2.18. The molecule has 0 aromatic heterocycles. The summed E-state index contributed by atoms with van der Waals surface area (Å²) < 4.78 is 8.85. The zero-order valence-electron chi connectivity index (χ0n) is 7.35. The molecule has 0 heterocycles. The van der Waals surface area contributed by atoms with Gasteiger partial charge in [0.25, 0.3) is 0 Å². The summed E-state index contributed by atoms with van der Waals surface area (Å²) in [6, 6.07) is 0. The van der Waals surface area contributed by atoms with Gasteiger partial charge >= 0.3 is 12.7 Å². The van der Waals surface area contributed by atoms with Crippen LogP contribution in [0.3, 0.4) is 0 Å². The number of carbonyl (C=O) groups is 1. The van der Waals surface area contributed by atoms with Crippen LogP contribution in [0.15, 0.2) is 12.2 Å².